The molecule has 0 saturated carbocycles. The maximum Gasteiger partial charge on any atom is 0.253 e. The third-order valence-corrected chi connectivity index (χ3v) is 4.13. The lowest BCUT2D eigenvalue weighted by atomic mass is 10.1. The summed E-state index contributed by atoms with van der Waals surface area (Å²) in [4.78, 5) is 23.5. The smallest absolute Gasteiger partial charge is 0.253 e. The summed E-state index contributed by atoms with van der Waals surface area (Å²) in [6.45, 7) is 6.31. The minimum Gasteiger partial charge on any atom is -0.336 e. The van der Waals surface area contributed by atoms with Crippen molar-refractivity contribution in [1.82, 2.24) is 24.6 Å². The molecule has 3 rings (SSSR count). The third-order valence-electron chi connectivity index (χ3n) is 4.13. The van der Waals surface area contributed by atoms with E-state index in [1.165, 1.54) is 0 Å². The molecule has 0 aliphatic heterocycles. The predicted octanol–water partition coefficient (Wildman–Crippen LogP) is 3.07. The fourth-order valence-corrected chi connectivity index (χ4v) is 3.10. The van der Waals surface area contributed by atoms with Crippen molar-refractivity contribution in [3.8, 4) is 11.4 Å². The number of carbonyl (C=O) groups is 1. The lowest BCUT2D eigenvalue weighted by Crippen LogP contribution is -2.26. The van der Waals surface area contributed by atoms with Gasteiger partial charge in [0.05, 0.1) is 12.2 Å². The van der Waals surface area contributed by atoms with Crippen LogP contribution in [0.4, 0.5) is 0 Å². The predicted molar refractivity (Wildman–Crippen MR) is 101 cm³/mol. The Bertz CT molecular complexity index is 940. The van der Waals surface area contributed by atoms with Gasteiger partial charge in [0, 0.05) is 30.9 Å². The average molecular weight is 349 g/mol. The van der Waals surface area contributed by atoms with E-state index in [1.807, 2.05) is 64.2 Å². The van der Waals surface area contributed by atoms with E-state index in [0.29, 0.717) is 17.9 Å². The van der Waals surface area contributed by atoms with Crippen molar-refractivity contribution in [3.05, 3.63) is 64.7 Å². The van der Waals surface area contributed by atoms with Gasteiger partial charge in [-0.1, -0.05) is 12.1 Å². The number of benzene rings is 1. The molecule has 0 bridgehead atoms. The third kappa shape index (κ3) is 3.79. The minimum atomic E-state index is -0.0494. The average Bonchev–Trinajstić information content (AvgIpc) is 2.91. The maximum absolute atomic E-state index is 12.8. The van der Waals surface area contributed by atoms with Crippen molar-refractivity contribution in [2.24, 2.45) is 7.05 Å². The quantitative estimate of drug-likeness (QED) is 0.726. The molecular formula is C20H23N5O. The molecule has 6 nitrogen and oxygen atoms in total. The molecule has 0 fully saturated rings. The molecule has 2 aromatic heterocycles. The Balaban J connectivity index is 1.83. The molecule has 2 heterocycles. The van der Waals surface area contributed by atoms with Crippen molar-refractivity contribution < 1.29 is 4.79 Å². The van der Waals surface area contributed by atoms with Gasteiger partial charge in [-0.05, 0) is 50.6 Å². The summed E-state index contributed by atoms with van der Waals surface area (Å²) < 4.78 is 1.72. The first-order chi connectivity index (χ1) is 12.3. The largest absolute Gasteiger partial charge is 0.336 e. The number of aryl methyl sites for hydroxylation is 4. The van der Waals surface area contributed by atoms with Crippen molar-refractivity contribution in [1.29, 1.82) is 0 Å². The van der Waals surface area contributed by atoms with Gasteiger partial charge >= 0.3 is 0 Å². The van der Waals surface area contributed by atoms with Crippen LogP contribution in [0.2, 0.25) is 0 Å². The Morgan fingerprint density at radius 2 is 1.88 bits per heavy atom. The Hall–Kier alpha value is -3.02. The van der Waals surface area contributed by atoms with E-state index >= 15 is 0 Å². The highest BCUT2D eigenvalue weighted by molar-refractivity contribution is 5.95. The normalized spacial score (nSPS) is 10.8. The second-order valence-corrected chi connectivity index (χ2v) is 6.63. The molecule has 0 radical (unpaired) electrons. The molecule has 1 aromatic carbocycles. The van der Waals surface area contributed by atoms with Gasteiger partial charge in [-0.3, -0.25) is 9.78 Å². The van der Waals surface area contributed by atoms with Gasteiger partial charge in [0.15, 0.2) is 5.82 Å². The van der Waals surface area contributed by atoms with E-state index in [1.54, 1.807) is 16.6 Å². The number of pyridine rings is 1. The lowest BCUT2D eigenvalue weighted by molar-refractivity contribution is 0.0783. The second-order valence-electron chi connectivity index (χ2n) is 6.63. The zero-order valence-electron chi connectivity index (χ0n) is 15.8. The molecule has 0 N–H and O–H groups in total. The first-order valence-corrected chi connectivity index (χ1v) is 8.51. The van der Waals surface area contributed by atoms with Crippen LogP contribution >= 0.6 is 0 Å². The maximum atomic E-state index is 12.8. The van der Waals surface area contributed by atoms with Gasteiger partial charge in [-0.25, -0.2) is 9.67 Å². The number of nitrogens with zero attached hydrogens (tertiary/aromatic N) is 5. The Morgan fingerprint density at radius 3 is 2.54 bits per heavy atom. The first kappa shape index (κ1) is 17.8. The summed E-state index contributed by atoms with van der Waals surface area (Å²) >= 11 is 0. The van der Waals surface area contributed by atoms with Crippen LogP contribution in [0.1, 0.15) is 33.1 Å². The molecule has 3 aromatic rings. The van der Waals surface area contributed by atoms with Gasteiger partial charge < -0.3 is 4.90 Å². The van der Waals surface area contributed by atoms with Crippen LogP contribution < -0.4 is 0 Å². The van der Waals surface area contributed by atoms with Crippen molar-refractivity contribution in [2.75, 3.05) is 7.05 Å². The number of amides is 1. The molecule has 0 unspecified atom stereocenters. The Morgan fingerprint density at radius 1 is 1.12 bits per heavy atom. The van der Waals surface area contributed by atoms with E-state index in [2.05, 4.69) is 15.1 Å². The zero-order valence-corrected chi connectivity index (χ0v) is 15.8. The van der Waals surface area contributed by atoms with E-state index in [-0.39, 0.29) is 5.91 Å². The monoisotopic (exact) mass is 349 g/mol. The molecule has 1 amide bonds. The van der Waals surface area contributed by atoms with Gasteiger partial charge in [0.1, 0.15) is 5.82 Å². The standard InChI is InChI=1S/C20H23N5O/c1-13-9-14(2)21-18(10-13)12-24(4)20(26)17-8-6-7-16(11-17)19-22-15(3)23-25(19)5/h6-11H,12H2,1-5H3. The highest BCUT2D eigenvalue weighted by Gasteiger charge is 2.15. The fraction of sp³-hybridized carbons (Fsp3) is 0.300. The highest BCUT2D eigenvalue weighted by Crippen LogP contribution is 2.19. The number of hydrogen-bond donors (Lipinski definition) is 0. The summed E-state index contributed by atoms with van der Waals surface area (Å²) in [7, 11) is 3.64. The van der Waals surface area contributed by atoms with E-state index in [9.17, 15) is 4.79 Å². The Kier molecular flexibility index (Phi) is 4.84. The number of carbonyl (C=O) groups excluding carboxylic acids is 1. The highest BCUT2D eigenvalue weighted by atomic mass is 16.2. The van der Waals surface area contributed by atoms with Crippen LogP contribution in [0.25, 0.3) is 11.4 Å². The van der Waals surface area contributed by atoms with Crippen LogP contribution in [-0.2, 0) is 13.6 Å². The topological polar surface area (TPSA) is 63.9 Å². The van der Waals surface area contributed by atoms with Crippen LogP contribution in [0.3, 0.4) is 0 Å². The first-order valence-electron chi connectivity index (χ1n) is 8.51. The van der Waals surface area contributed by atoms with Crippen LogP contribution in [0.15, 0.2) is 36.4 Å². The number of rotatable bonds is 4. The van der Waals surface area contributed by atoms with Crippen LogP contribution in [0.5, 0.6) is 0 Å². The molecule has 26 heavy (non-hydrogen) atoms. The summed E-state index contributed by atoms with van der Waals surface area (Å²) in [5.74, 6) is 1.40. The Labute approximate surface area is 153 Å². The molecule has 0 spiro atoms. The van der Waals surface area contributed by atoms with E-state index < -0.39 is 0 Å². The lowest BCUT2D eigenvalue weighted by Gasteiger charge is -2.18. The molecule has 0 aliphatic rings. The van der Waals surface area contributed by atoms with Crippen LogP contribution in [-0.4, -0.2) is 37.6 Å². The fourth-order valence-electron chi connectivity index (χ4n) is 3.10. The van der Waals surface area contributed by atoms with Crippen LogP contribution in [0, 0.1) is 20.8 Å². The summed E-state index contributed by atoms with van der Waals surface area (Å²) in [6, 6.07) is 11.5. The van der Waals surface area contributed by atoms with Gasteiger partial charge in [0.25, 0.3) is 5.91 Å². The second kappa shape index (κ2) is 7.07. The van der Waals surface area contributed by atoms with Crippen molar-refractivity contribution in [2.45, 2.75) is 27.3 Å². The van der Waals surface area contributed by atoms with Crippen molar-refractivity contribution >= 4 is 5.91 Å². The zero-order chi connectivity index (χ0) is 18.8. The molecule has 0 aliphatic carbocycles. The molecule has 6 heteroatoms. The van der Waals surface area contributed by atoms with Gasteiger partial charge in [0.2, 0.25) is 0 Å². The molecule has 134 valence electrons. The van der Waals surface area contributed by atoms with E-state index in [4.69, 9.17) is 0 Å². The SMILES string of the molecule is Cc1cc(C)nc(CN(C)C(=O)c2cccc(-c3nc(C)nn3C)c2)c1. The number of aromatic nitrogens is 4. The minimum absolute atomic E-state index is 0.0494. The van der Waals surface area contributed by atoms with Crippen molar-refractivity contribution in [3.63, 3.8) is 0 Å². The molecular weight excluding hydrogens is 326 g/mol. The summed E-state index contributed by atoms with van der Waals surface area (Å²) in [6.07, 6.45) is 0. The molecule has 0 atom stereocenters. The van der Waals surface area contributed by atoms with Gasteiger partial charge in [-0.15, -0.1) is 0 Å². The van der Waals surface area contributed by atoms with E-state index in [0.717, 1.165) is 28.3 Å². The summed E-state index contributed by atoms with van der Waals surface area (Å²) in [5, 5.41) is 4.27. The summed E-state index contributed by atoms with van der Waals surface area (Å²) in [5.41, 5.74) is 4.49. The van der Waals surface area contributed by atoms with Gasteiger partial charge in [-0.2, -0.15) is 5.10 Å². The molecule has 0 saturated heterocycles. The number of hydrogen-bond acceptors (Lipinski definition) is 4.